The van der Waals surface area contributed by atoms with Gasteiger partial charge in [-0.3, -0.25) is 4.79 Å². The van der Waals surface area contributed by atoms with Crippen molar-refractivity contribution >= 4 is 5.91 Å². The number of fused-ring (bicyclic) bond motifs is 1. The molecule has 0 bridgehead atoms. The van der Waals surface area contributed by atoms with Crippen molar-refractivity contribution in [1.82, 2.24) is 5.32 Å². The van der Waals surface area contributed by atoms with E-state index in [1.165, 1.54) is 19.3 Å². The zero-order valence-electron chi connectivity index (χ0n) is 12.6. The average Bonchev–Trinajstić information content (AvgIpc) is 2.72. The zero-order chi connectivity index (χ0) is 14.7. The van der Waals surface area contributed by atoms with Crippen LogP contribution in [0, 0.1) is 6.92 Å². The number of amides is 1. The molecule has 1 saturated carbocycles. The first kappa shape index (κ1) is 14.2. The molecule has 0 spiro atoms. The van der Waals surface area contributed by atoms with Crippen molar-refractivity contribution < 1.29 is 14.3 Å². The van der Waals surface area contributed by atoms with Gasteiger partial charge in [0.1, 0.15) is 0 Å². The highest BCUT2D eigenvalue weighted by Gasteiger charge is 2.20. The third-order valence-electron chi connectivity index (χ3n) is 4.28. The number of nitrogens with one attached hydrogen (secondary N) is 1. The summed E-state index contributed by atoms with van der Waals surface area (Å²) in [5.41, 5.74) is 1.64. The summed E-state index contributed by atoms with van der Waals surface area (Å²) < 4.78 is 11.3. The number of rotatable bonds is 2. The molecule has 0 unspecified atom stereocenters. The molecule has 0 atom stereocenters. The molecular weight excluding hydrogens is 266 g/mol. The van der Waals surface area contributed by atoms with Crippen molar-refractivity contribution in [2.24, 2.45) is 0 Å². The lowest BCUT2D eigenvalue weighted by Crippen LogP contribution is -2.36. The summed E-state index contributed by atoms with van der Waals surface area (Å²) in [5.74, 6) is 1.45. The van der Waals surface area contributed by atoms with E-state index in [0.29, 0.717) is 30.6 Å². The second-order valence-corrected chi connectivity index (χ2v) is 5.97. The maximum atomic E-state index is 12.5. The summed E-state index contributed by atoms with van der Waals surface area (Å²) in [5, 5.41) is 3.16. The van der Waals surface area contributed by atoms with Gasteiger partial charge in [-0.25, -0.2) is 0 Å². The highest BCUT2D eigenvalue weighted by atomic mass is 16.5. The Hall–Kier alpha value is -1.71. The largest absolute Gasteiger partial charge is 0.490 e. The molecule has 0 radical (unpaired) electrons. The SMILES string of the molecule is Cc1cc2c(cc1C(=O)NC1CCCCC1)OCCCO2. The van der Waals surface area contributed by atoms with Gasteiger partial charge in [0.25, 0.3) is 5.91 Å². The third kappa shape index (κ3) is 3.31. The van der Waals surface area contributed by atoms with Gasteiger partial charge in [0.2, 0.25) is 0 Å². The maximum Gasteiger partial charge on any atom is 0.251 e. The van der Waals surface area contributed by atoms with E-state index < -0.39 is 0 Å². The molecule has 21 heavy (non-hydrogen) atoms. The molecule has 0 saturated heterocycles. The Morgan fingerprint density at radius 3 is 2.43 bits per heavy atom. The summed E-state index contributed by atoms with van der Waals surface area (Å²) in [4.78, 5) is 12.5. The van der Waals surface area contributed by atoms with Crippen LogP contribution in [0.15, 0.2) is 12.1 Å². The molecule has 1 aromatic rings. The summed E-state index contributed by atoms with van der Waals surface area (Å²) in [7, 11) is 0. The number of benzene rings is 1. The zero-order valence-corrected chi connectivity index (χ0v) is 12.6. The highest BCUT2D eigenvalue weighted by molar-refractivity contribution is 5.96. The smallest absolute Gasteiger partial charge is 0.251 e. The van der Waals surface area contributed by atoms with Crippen LogP contribution in [-0.2, 0) is 0 Å². The van der Waals surface area contributed by atoms with Crippen LogP contribution in [-0.4, -0.2) is 25.2 Å². The first-order valence-corrected chi connectivity index (χ1v) is 7.95. The average molecular weight is 289 g/mol. The Balaban J connectivity index is 1.77. The van der Waals surface area contributed by atoms with Gasteiger partial charge in [0.15, 0.2) is 11.5 Å². The molecule has 0 aromatic heterocycles. The molecule has 1 fully saturated rings. The Morgan fingerprint density at radius 2 is 1.71 bits per heavy atom. The fraction of sp³-hybridized carbons (Fsp3) is 0.588. The van der Waals surface area contributed by atoms with E-state index in [1.807, 2.05) is 19.1 Å². The number of carbonyl (C=O) groups is 1. The van der Waals surface area contributed by atoms with Crippen molar-refractivity contribution in [3.63, 3.8) is 0 Å². The van der Waals surface area contributed by atoms with Crippen molar-refractivity contribution in [3.05, 3.63) is 23.3 Å². The van der Waals surface area contributed by atoms with Crippen LogP contribution in [0.5, 0.6) is 11.5 Å². The van der Waals surface area contributed by atoms with Crippen LogP contribution >= 0.6 is 0 Å². The topological polar surface area (TPSA) is 47.6 Å². The van der Waals surface area contributed by atoms with E-state index in [0.717, 1.165) is 30.6 Å². The maximum absolute atomic E-state index is 12.5. The van der Waals surface area contributed by atoms with Gasteiger partial charge in [0.05, 0.1) is 13.2 Å². The Kier molecular flexibility index (Phi) is 4.32. The summed E-state index contributed by atoms with van der Waals surface area (Å²) >= 11 is 0. The number of hydrogen-bond acceptors (Lipinski definition) is 3. The van der Waals surface area contributed by atoms with Gasteiger partial charge in [0, 0.05) is 18.0 Å². The van der Waals surface area contributed by atoms with Crippen LogP contribution in [0.3, 0.4) is 0 Å². The lowest BCUT2D eigenvalue weighted by molar-refractivity contribution is 0.0926. The Bertz CT molecular complexity index is 521. The molecule has 4 heteroatoms. The first-order chi connectivity index (χ1) is 10.2. The molecule has 1 N–H and O–H groups in total. The molecule has 3 rings (SSSR count). The van der Waals surface area contributed by atoms with E-state index in [1.54, 1.807) is 0 Å². The van der Waals surface area contributed by atoms with Gasteiger partial charge in [-0.2, -0.15) is 0 Å². The van der Waals surface area contributed by atoms with E-state index in [-0.39, 0.29) is 5.91 Å². The number of carbonyl (C=O) groups excluding carboxylic acids is 1. The van der Waals surface area contributed by atoms with Crippen molar-refractivity contribution in [1.29, 1.82) is 0 Å². The van der Waals surface area contributed by atoms with E-state index >= 15 is 0 Å². The van der Waals surface area contributed by atoms with Crippen LogP contribution < -0.4 is 14.8 Å². The minimum atomic E-state index is 0.00930. The fourth-order valence-electron chi connectivity index (χ4n) is 3.07. The van der Waals surface area contributed by atoms with Gasteiger partial charge in [-0.05, 0) is 37.5 Å². The van der Waals surface area contributed by atoms with E-state index in [2.05, 4.69) is 5.32 Å². The van der Waals surface area contributed by atoms with Crippen LogP contribution in [0.2, 0.25) is 0 Å². The monoisotopic (exact) mass is 289 g/mol. The number of aryl methyl sites for hydroxylation is 1. The molecule has 4 nitrogen and oxygen atoms in total. The molecule has 1 aliphatic heterocycles. The molecule has 1 heterocycles. The normalized spacial score (nSPS) is 18.9. The van der Waals surface area contributed by atoms with Crippen molar-refractivity contribution in [3.8, 4) is 11.5 Å². The quantitative estimate of drug-likeness (QED) is 0.909. The highest BCUT2D eigenvalue weighted by Crippen LogP contribution is 2.32. The first-order valence-electron chi connectivity index (χ1n) is 7.95. The minimum absolute atomic E-state index is 0.00930. The summed E-state index contributed by atoms with van der Waals surface area (Å²) in [6, 6.07) is 4.06. The second kappa shape index (κ2) is 6.37. The lowest BCUT2D eigenvalue weighted by Gasteiger charge is -2.23. The Morgan fingerprint density at radius 1 is 1.05 bits per heavy atom. The minimum Gasteiger partial charge on any atom is -0.490 e. The third-order valence-corrected chi connectivity index (χ3v) is 4.28. The molecule has 1 aliphatic carbocycles. The molecule has 1 aromatic carbocycles. The molecule has 114 valence electrons. The van der Waals surface area contributed by atoms with Crippen LogP contribution in [0.4, 0.5) is 0 Å². The second-order valence-electron chi connectivity index (χ2n) is 5.97. The van der Waals surface area contributed by atoms with Gasteiger partial charge in [-0.15, -0.1) is 0 Å². The van der Waals surface area contributed by atoms with Gasteiger partial charge < -0.3 is 14.8 Å². The number of hydrogen-bond donors (Lipinski definition) is 1. The van der Waals surface area contributed by atoms with E-state index in [4.69, 9.17) is 9.47 Å². The molecular formula is C17H23NO3. The van der Waals surface area contributed by atoms with Crippen molar-refractivity contribution in [2.45, 2.75) is 51.5 Å². The van der Waals surface area contributed by atoms with Crippen LogP contribution in [0.1, 0.15) is 54.4 Å². The van der Waals surface area contributed by atoms with E-state index in [9.17, 15) is 4.79 Å². The predicted octanol–water partition coefficient (Wildman–Crippen LogP) is 3.22. The fourth-order valence-corrected chi connectivity index (χ4v) is 3.07. The predicted molar refractivity (Wildman–Crippen MR) is 81.1 cm³/mol. The van der Waals surface area contributed by atoms with Gasteiger partial charge >= 0.3 is 0 Å². The van der Waals surface area contributed by atoms with Crippen LogP contribution in [0.25, 0.3) is 0 Å². The van der Waals surface area contributed by atoms with Gasteiger partial charge in [-0.1, -0.05) is 19.3 Å². The lowest BCUT2D eigenvalue weighted by atomic mass is 9.95. The summed E-state index contributed by atoms with van der Waals surface area (Å²) in [6.07, 6.45) is 6.77. The number of ether oxygens (including phenoxy) is 2. The Labute approximate surface area is 125 Å². The molecule has 1 amide bonds. The standard InChI is InChI=1S/C17H23NO3/c1-12-10-15-16(21-9-5-8-20-15)11-14(12)17(19)18-13-6-3-2-4-7-13/h10-11,13H,2-9H2,1H3,(H,18,19). The summed E-state index contributed by atoms with van der Waals surface area (Å²) in [6.45, 7) is 3.25. The molecule has 2 aliphatic rings. The van der Waals surface area contributed by atoms with Crippen molar-refractivity contribution in [2.75, 3.05) is 13.2 Å².